The first-order chi connectivity index (χ1) is 18.4. The van der Waals surface area contributed by atoms with Crippen LogP contribution in [0.4, 0.5) is 10.1 Å². The molecule has 3 N–H and O–H groups in total. The molecule has 4 aromatic heterocycles. The number of amides is 1. The van der Waals surface area contributed by atoms with E-state index < -0.39 is 0 Å². The van der Waals surface area contributed by atoms with Crippen molar-refractivity contribution in [1.29, 1.82) is 0 Å². The number of imidazole rings is 1. The van der Waals surface area contributed by atoms with E-state index in [0.29, 0.717) is 34.0 Å². The van der Waals surface area contributed by atoms with Crippen molar-refractivity contribution in [2.24, 2.45) is 0 Å². The van der Waals surface area contributed by atoms with Crippen molar-refractivity contribution in [3.8, 4) is 33.9 Å². The Labute approximate surface area is 216 Å². The van der Waals surface area contributed by atoms with Crippen molar-refractivity contribution in [3.63, 3.8) is 0 Å². The molecule has 10 heteroatoms. The minimum absolute atomic E-state index is 0.112. The molecule has 0 saturated carbocycles. The van der Waals surface area contributed by atoms with Crippen LogP contribution in [0, 0.1) is 5.82 Å². The molecule has 2 aromatic carbocycles. The van der Waals surface area contributed by atoms with Crippen molar-refractivity contribution in [3.05, 3.63) is 79.0 Å². The van der Waals surface area contributed by atoms with Crippen LogP contribution >= 0.6 is 0 Å². The highest BCUT2D eigenvalue weighted by molar-refractivity contribution is 5.98. The van der Waals surface area contributed by atoms with Gasteiger partial charge in [-0.1, -0.05) is 18.2 Å². The van der Waals surface area contributed by atoms with Gasteiger partial charge in [0.05, 0.1) is 35.2 Å². The van der Waals surface area contributed by atoms with Crippen LogP contribution in [0.15, 0.2) is 73.2 Å². The number of carbonyl (C=O) groups is 1. The van der Waals surface area contributed by atoms with Gasteiger partial charge < -0.3 is 15.2 Å². The van der Waals surface area contributed by atoms with Gasteiger partial charge >= 0.3 is 0 Å². The molecule has 0 aliphatic carbocycles. The van der Waals surface area contributed by atoms with Gasteiger partial charge in [0, 0.05) is 28.9 Å². The first-order valence-corrected chi connectivity index (χ1v) is 11.9. The number of H-pyrrole nitrogens is 2. The Kier molecular flexibility index (Phi) is 5.85. The number of nitrogens with zero attached hydrogens (tertiary/aromatic N) is 5. The van der Waals surface area contributed by atoms with E-state index in [2.05, 4.69) is 30.5 Å². The van der Waals surface area contributed by atoms with Crippen LogP contribution < -0.4 is 5.32 Å². The molecule has 6 aromatic rings. The van der Waals surface area contributed by atoms with Crippen LogP contribution in [0.2, 0.25) is 0 Å². The molecule has 38 heavy (non-hydrogen) atoms. The fourth-order valence-electron chi connectivity index (χ4n) is 4.42. The molecule has 0 unspecified atom stereocenters. The van der Waals surface area contributed by atoms with Gasteiger partial charge in [-0.3, -0.25) is 19.9 Å². The lowest BCUT2D eigenvalue weighted by atomic mass is 10.0. The smallest absolute Gasteiger partial charge is 0.238 e. The Balaban J connectivity index is 1.38. The van der Waals surface area contributed by atoms with Crippen LogP contribution in [0.5, 0.6) is 0 Å². The summed E-state index contributed by atoms with van der Waals surface area (Å²) in [6.07, 6.45) is 5.04. The number of halogens is 1. The Morgan fingerprint density at radius 2 is 1.87 bits per heavy atom. The molecule has 0 aliphatic rings. The zero-order chi connectivity index (χ0) is 26.2. The summed E-state index contributed by atoms with van der Waals surface area (Å²) < 4.78 is 13.9. The molecule has 0 saturated heterocycles. The van der Waals surface area contributed by atoms with E-state index in [4.69, 9.17) is 4.98 Å². The molecule has 9 nitrogen and oxygen atoms in total. The molecular formula is C28H23FN8O. The van der Waals surface area contributed by atoms with Gasteiger partial charge in [-0.15, -0.1) is 0 Å². The summed E-state index contributed by atoms with van der Waals surface area (Å²) >= 11 is 0. The van der Waals surface area contributed by atoms with Crippen molar-refractivity contribution in [2.75, 3.05) is 26.0 Å². The van der Waals surface area contributed by atoms with Gasteiger partial charge in [-0.05, 0) is 56.1 Å². The number of pyridine rings is 2. The third-order valence-corrected chi connectivity index (χ3v) is 6.10. The third-order valence-electron chi connectivity index (χ3n) is 6.10. The summed E-state index contributed by atoms with van der Waals surface area (Å²) in [4.78, 5) is 30.9. The Morgan fingerprint density at radius 3 is 2.71 bits per heavy atom. The zero-order valence-electron chi connectivity index (χ0n) is 20.7. The number of likely N-dealkylation sites (N-methyl/N-ethyl adjacent to an activating group) is 1. The summed E-state index contributed by atoms with van der Waals surface area (Å²) in [6.45, 7) is 0.280. The van der Waals surface area contributed by atoms with Gasteiger partial charge in [-0.2, -0.15) is 5.10 Å². The number of aromatic nitrogens is 6. The maximum Gasteiger partial charge on any atom is 0.238 e. The summed E-state index contributed by atoms with van der Waals surface area (Å²) in [6, 6.07) is 15.9. The molecule has 0 spiro atoms. The van der Waals surface area contributed by atoms with Gasteiger partial charge in [0.1, 0.15) is 17.0 Å². The maximum atomic E-state index is 13.9. The summed E-state index contributed by atoms with van der Waals surface area (Å²) in [5.74, 6) is 0.120. The van der Waals surface area contributed by atoms with Gasteiger partial charge in [-0.25, -0.2) is 9.37 Å². The number of aromatic amines is 2. The van der Waals surface area contributed by atoms with E-state index in [9.17, 15) is 9.18 Å². The average Bonchev–Trinajstić information content (AvgIpc) is 3.52. The Bertz CT molecular complexity index is 1810. The second kappa shape index (κ2) is 9.49. The molecule has 0 atom stereocenters. The lowest BCUT2D eigenvalue weighted by Crippen LogP contribution is -2.27. The minimum Gasteiger partial charge on any atom is -0.336 e. The molecular weight excluding hydrogens is 483 g/mol. The number of benzene rings is 2. The van der Waals surface area contributed by atoms with Crippen LogP contribution in [0.3, 0.4) is 0 Å². The normalized spacial score (nSPS) is 11.5. The Morgan fingerprint density at radius 1 is 0.974 bits per heavy atom. The zero-order valence-corrected chi connectivity index (χ0v) is 20.7. The SMILES string of the molecule is CN(C)CC(=O)Nc1cncc(-c2ccc3[nH]nc(-c4nc5c(-c6cccc(F)c6)nccc5[nH]4)c3c2)c1. The molecule has 6 rings (SSSR count). The summed E-state index contributed by atoms with van der Waals surface area (Å²) in [5, 5.41) is 11.3. The highest BCUT2D eigenvalue weighted by atomic mass is 19.1. The number of fused-ring (bicyclic) bond motifs is 2. The molecule has 4 heterocycles. The molecule has 0 fully saturated rings. The number of hydrogen-bond acceptors (Lipinski definition) is 6. The third kappa shape index (κ3) is 4.48. The molecule has 0 bridgehead atoms. The highest BCUT2D eigenvalue weighted by Gasteiger charge is 2.17. The largest absolute Gasteiger partial charge is 0.336 e. The first kappa shape index (κ1) is 23.4. The Hall–Kier alpha value is -4.96. The second-order valence-corrected chi connectivity index (χ2v) is 9.23. The van der Waals surface area contributed by atoms with E-state index in [0.717, 1.165) is 27.5 Å². The van der Waals surface area contributed by atoms with Gasteiger partial charge in [0.15, 0.2) is 5.82 Å². The van der Waals surface area contributed by atoms with Crippen molar-refractivity contribution in [2.45, 2.75) is 0 Å². The van der Waals surface area contributed by atoms with Crippen LogP contribution in [-0.2, 0) is 4.79 Å². The monoisotopic (exact) mass is 506 g/mol. The minimum atomic E-state index is -0.335. The lowest BCUT2D eigenvalue weighted by molar-refractivity contribution is -0.116. The van der Waals surface area contributed by atoms with Crippen molar-refractivity contribution in [1.82, 2.24) is 35.0 Å². The van der Waals surface area contributed by atoms with Crippen molar-refractivity contribution < 1.29 is 9.18 Å². The standard InChI is InChI=1S/C28H23FN8O/c1-37(2)15-24(38)32-20-11-18(13-30-14-20)16-6-7-22-21(12-16)26(36-35-22)28-33-23-8-9-31-25(27(23)34-28)17-4-3-5-19(29)10-17/h3-14H,15H2,1-2H3,(H,32,38)(H,33,34)(H,35,36). The van der Waals surface area contributed by atoms with E-state index in [1.165, 1.54) is 12.1 Å². The lowest BCUT2D eigenvalue weighted by Gasteiger charge is -2.11. The molecule has 0 radical (unpaired) electrons. The predicted octanol–water partition coefficient (Wildman–Crippen LogP) is 4.87. The number of nitrogens with one attached hydrogen (secondary N) is 3. The second-order valence-electron chi connectivity index (χ2n) is 9.23. The summed E-state index contributed by atoms with van der Waals surface area (Å²) in [5.41, 5.74) is 6.51. The quantitative estimate of drug-likeness (QED) is 0.297. The average molecular weight is 507 g/mol. The first-order valence-electron chi connectivity index (χ1n) is 11.9. The number of rotatable bonds is 6. The number of hydrogen-bond donors (Lipinski definition) is 3. The molecule has 0 aliphatic heterocycles. The predicted molar refractivity (Wildman–Crippen MR) is 145 cm³/mol. The summed E-state index contributed by atoms with van der Waals surface area (Å²) in [7, 11) is 3.68. The topological polar surface area (TPSA) is 115 Å². The number of carbonyl (C=O) groups excluding carboxylic acids is 1. The van der Waals surface area contributed by atoms with E-state index in [1.54, 1.807) is 35.6 Å². The molecule has 1 amide bonds. The van der Waals surface area contributed by atoms with Crippen LogP contribution in [0.25, 0.3) is 55.8 Å². The van der Waals surface area contributed by atoms with E-state index >= 15 is 0 Å². The van der Waals surface area contributed by atoms with Gasteiger partial charge in [0.25, 0.3) is 0 Å². The van der Waals surface area contributed by atoms with E-state index in [1.807, 2.05) is 44.4 Å². The number of anilines is 1. The fourth-order valence-corrected chi connectivity index (χ4v) is 4.42. The molecule has 188 valence electrons. The highest BCUT2D eigenvalue weighted by Crippen LogP contribution is 2.32. The maximum absolute atomic E-state index is 13.9. The van der Waals surface area contributed by atoms with Crippen LogP contribution in [-0.4, -0.2) is 61.6 Å². The van der Waals surface area contributed by atoms with Crippen LogP contribution in [0.1, 0.15) is 0 Å². The van der Waals surface area contributed by atoms with Gasteiger partial charge in [0.2, 0.25) is 5.91 Å². The fraction of sp³-hybridized carbons (Fsp3) is 0.107. The van der Waals surface area contributed by atoms with Crippen molar-refractivity contribution >= 4 is 33.5 Å². The van der Waals surface area contributed by atoms with E-state index in [-0.39, 0.29) is 18.3 Å².